The summed E-state index contributed by atoms with van der Waals surface area (Å²) < 4.78 is 24.5. The molecule has 1 N–H and O–H groups in total. The smallest absolute Gasteiger partial charge is 0.251 e. The lowest BCUT2D eigenvalue weighted by Crippen LogP contribution is -2.25. The number of halogens is 2. The normalized spacial score (nSPS) is 10.4. The second-order valence-electron chi connectivity index (χ2n) is 5.47. The summed E-state index contributed by atoms with van der Waals surface area (Å²) >= 11 is 3.43. The van der Waals surface area contributed by atoms with Gasteiger partial charge in [0.1, 0.15) is 5.82 Å². The molecule has 0 bridgehead atoms. The summed E-state index contributed by atoms with van der Waals surface area (Å²) in [4.78, 5) is 12.3. The van der Waals surface area contributed by atoms with E-state index in [1.54, 1.807) is 24.3 Å². The maximum atomic E-state index is 12.9. The zero-order chi connectivity index (χ0) is 18.2. The quantitative estimate of drug-likeness (QED) is 0.704. The highest BCUT2D eigenvalue weighted by molar-refractivity contribution is 9.10. The minimum Gasteiger partial charge on any atom is -0.493 e. The first-order valence-electron chi connectivity index (χ1n) is 8.08. The molecule has 25 heavy (non-hydrogen) atoms. The van der Waals surface area contributed by atoms with Crippen molar-refractivity contribution in [2.45, 2.75) is 19.8 Å². The zero-order valence-corrected chi connectivity index (χ0v) is 15.9. The highest BCUT2D eigenvalue weighted by Crippen LogP contribution is 2.36. The lowest BCUT2D eigenvalue weighted by molar-refractivity contribution is 0.0953. The molecule has 2 rings (SSSR count). The number of nitrogens with one attached hydrogen (secondary N) is 1. The molecule has 0 saturated heterocycles. The highest BCUT2D eigenvalue weighted by atomic mass is 79.9. The first-order chi connectivity index (χ1) is 12.0. The molecule has 2 aromatic carbocycles. The minimum absolute atomic E-state index is 0.205. The second kappa shape index (κ2) is 9.42. The van der Waals surface area contributed by atoms with E-state index >= 15 is 0 Å². The summed E-state index contributed by atoms with van der Waals surface area (Å²) in [6.45, 7) is 3.04. The van der Waals surface area contributed by atoms with Gasteiger partial charge in [0.15, 0.2) is 11.5 Å². The van der Waals surface area contributed by atoms with Crippen molar-refractivity contribution in [2.24, 2.45) is 0 Å². The van der Waals surface area contributed by atoms with Crippen LogP contribution < -0.4 is 14.8 Å². The Morgan fingerprint density at radius 2 is 1.96 bits per heavy atom. The maximum Gasteiger partial charge on any atom is 0.251 e. The summed E-state index contributed by atoms with van der Waals surface area (Å²) in [6.07, 6.45) is 1.50. The van der Waals surface area contributed by atoms with E-state index in [2.05, 4.69) is 21.2 Å². The predicted octanol–water partition coefficient (Wildman–Crippen LogP) is 4.36. The Hall–Kier alpha value is -2.08. The molecule has 0 saturated carbocycles. The average molecular weight is 410 g/mol. The number of carbonyl (C=O) groups is 1. The lowest BCUT2D eigenvalue weighted by atomic mass is 10.1. The monoisotopic (exact) mass is 409 g/mol. The SMILES string of the molecule is CCCOc1c(Br)cc(C(=O)NCCc2ccc(F)cc2)cc1OC. The summed E-state index contributed by atoms with van der Waals surface area (Å²) in [6, 6.07) is 9.61. The number of amides is 1. The van der Waals surface area contributed by atoms with Gasteiger partial charge >= 0.3 is 0 Å². The Kier molecular flexibility index (Phi) is 7.25. The van der Waals surface area contributed by atoms with Crippen LogP contribution in [0.3, 0.4) is 0 Å². The minimum atomic E-state index is -0.268. The molecule has 0 aliphatic carbocycles. The van der Waals surface area contributed by atoms with Gasteiger partial charge in [-0.1, -0.05) is 19.1 Å². The first kappa shape index (κ1) is 19.2. The van der Waals surface area contributed by atoms with E-state index in [-0.39, 0.29) is 11.7 Å². The number of hydrogen-bond donors (Lipinski definition) is 1. The zero-order valence-electron chi connectivity index (χ0n) is 14.3. The van der Waals surface area contributed by atoms with Gasteiger partial charge in [0.2, 0.25) is 0 Å². The van der Waals surface area contributed by atoms with Gasteiger partial charge in [0.25, 0.3) is 5.91 Å². The standard InChI is InChI=1S/C19H21BrFNO3/c1-3-10-25-18-16(20)11-14(12-17(18)24-2)19(23)22-9-8-13-4-6-15(21)7-5-13/h4-7,11-12H,3,8-10H2,1-2H3,(H,22,23). The summed E-state index contributed by atoms with van der Waals surface area (Å²) in [5.41, 5.74) is 1.44. The van der Waals surface area contributed by atoms with Crippen LogP contribution in [0.25, 0.3) is 0 Å². The molecule has 2 aromatic rings. The number of benzene rings is 2. The fourth-order valence-electron chi connectivity index (χ4n) is 2.27. The van der Waals surface area contributed by atoms with Gasteiger partial charge < -0.3 is 14.8 Å². The van der Waals surface area contributed by atoms with Crippen molar-refractivity contribution in [1.82, 2.24) is 5.32 Å². The van der Waals surface area contributed by atoms with Crippen LogP contribution in [-0.2, 0) is 6.42 Å². The van der Waals surface area contributed by atoms with E-state index in [9.17, 15) is 9.18 Å². The van der Waals surface area contributed by atoms with E-state index in [0.29, 0.717) is 41.1 Å². The van der Waals surface area contributed by atoms with Crippen LogP contribution in [0.4, 0.5) is 4.39 Å². The van der Waals surface area contributed by atoms with Gasteiger partial charge in [-0.15, -0.1) is 0 Å². The Balaban J connectivity index is 2.00. The number of carbonyl (C=O) groups excluding carboxylic acids is 1. The molecular weight excluding hydrogens is 389 g/mol. The Morgan fingerprint density at radius 1 is 1.24 bits per heavy atom. The number of methoxy groups -OCH3 is 1. The predicted molar refractivity (Wildman–Crippen MR) is 98.9 cm³/mol. The molecule has 0 heterocycles. The average Bonchev–Trinajstić information content (AvgIpc) is 2.61. The molecule has 0 aliphatic heterocycles. The van der Waals surface area contributed by atoms with Crippen molar-refractivity contribution in [3.8, 4) is 11.5 Å². The van der Waals surface area contributed by atoms with Gasteiger partial charge in [-0.25, -0.2) is 4.39 Å². The van der Waals surface area contributed by atoms with Crippen LogP contribution in [0.5, 0.6) is 11.5 Å². The molecule has 0 radical (unpaired) electrons. The van der Waals surface area contributed by atoms with Crippen LogP contribution in [0.15, 0.2) is 40.9 Å². The number of ether oxygens (including phenoxy) is 2. The van der Waals surface area contributed by atoms with Gasteiger partial charge in [0.05, 0.1) is 18.2 Å². The van der Waals surface area contributed by atoms with E-state index in [1.807, 2.05) is 6.92 Å². The summed E-state index contributed by atoms with van der Waals surface area (Å²) in [5.74, 6) is 0.622. The van der Waals surface area contributed by atoms with Crippen LogP contribution in [0, 0.1) is 5.82 Å². The maximum absolute atomic E-state index is 12.9. The third-order valence-corrected chi connectivity index (χ3v) is 4.14. The Labute approximate surface area is 155 Å². The first-order valence-corrected chi connectivity index (χ1v) is 8.87. The molecule has 1 amide bonds. The van der Waals surface area contributed by atoms with Crippen molar-refractivity contribution < 1.29 is 18.7 Å². The Bertz CT molecular complexity index is 719. The molecule has 0 spiro atoms. The van der Waals surface area contributed by atoms with E-state index in [4.69, 9.17) is 9.47 Å². The van der Waals surface area contributed by atoms with Crippen LogP contribution in [0.1, 0.15) is 29.3 Å². The van der Waals surface area contributed by atoms with Gasteiger partial charge in [0, 0.05) is 12.1 Å². The van der Waals surface area contributed by atoms with Crippen molar-refractivity contribution >= 4 is 21.8 Å². The van der Waals surface area contributed by atoms with Gasteiger partial charge in [-0.05, 0) is 58.6 Å². The fraction of sp³-hybridized carbons (Fsp3) is 0.316. The third kappa shape index (κ3) is 5.46. The second-order valence-corrected chi connectivity index (χ2v) is 6.32. The lowest BCUT2D eigenvalue weighted by Gasteiger charge is -2.14. The molecule has 0 aliphatic rings. The van der Waals surface area contributed by atoms with E-state index < -0.39 is 0 Å². The number of hydrogen-bond acceptors (Lipinski definition) is 3. The molecule has 0 unspecified atom stereocenters. The Morgan fingerprint density at radius 3 is 2.60 bits per heavy atom. The highest BCUT2D eigenvalue weighted by Gasteiger charge is 2.15. The van der Waals surface area contributed by atoms with Crippen molar-refractivity contribution in [1.29, 1.82) is 0 Å². The van der Waals surface area contributed by atoms with Crippen LogP contribution in [0.2, 0.25) is 0 Å². The van der Waals surface area contributed by atoms with Gasteiger partial charge in [-0.3, -0.25) is 4.79 Å². The molecule has 4 nitrogen and oxygen atoms in total. The van der Waals surface area contributed by atoms with Crippen LogP contribution >= 0.6 is 15.9 Å². The van der Waals surface area contributed by atoms with E-state index in [1.165, 1.54) is 19.2 Å². The van der Waals surface area contributed by atoms with Crippen LogP contribution in [-0.4, -0.2) is 26.2 Å². The molecular formula is C19H21BrFNO3. The van der Waals surface area contributed by atoms with E-state index in [0.717, 1.165) is 12.0 Å². The topological polar surface area (TPSA) is 47.6 Å². The van der Waals surface area contributed by atoms with Crippen molar-refractivity contribution in [2.75, 3.05) is 20.3 Å². The molecule has 134 valence electrons. The molecule has 0 aromatic heterocycles. The third-order valence-electron chi connectivity index (χ3n) is 3.55. The summed E-state index contributed by atoms with van der Waals surface area (Å²) in [5, 5.41) is 2.85. The fourth-order valence-corrected chi connectivity index (χ4v) is 2.83. The molecule has 0 atom stereocenters. The van der Waals surface area contributed by atoms with Crippen molar-refractivity contribution in [3.05, 3.63) is 57.8 Å². The molecule has 6 heteroatoms. The van der Waals surface area contributed by atoms with Crippen molar-refractivity contribution in [3.63, 3.8) is 0 Å². The number of rotatable bonds is 8. The summed E-state index contributed by atoms with van der Waals surface area (Å²) in [7, 11) is 1.54. The largest absolute Gasteiger partial charge is 0.493 e. The molecule has 0 fully saturated rings. The van der Waals surface area contributed by atoms with Gasteiger partial charge in [-0.2, -0.15) is 0 Å².